The Hall–Kier alpha value is -0.0400. The first-order chi connectivity index (χ1) is 7.43. The fraction of sp³-hybridized carbons (Fsp3) is 0.929. The zero-order chi connectivity index (χ0) is 10.8. The van der Waals surface area contributed by atoms with E-state index in [1.54, 1.807) is 0 Å². The van der Waals surface area contributed by atoms with Gasteiger partial charge < -0.3 is 4.74 Å². The average Bonchev–Trinajstić information content (AvgIpc) is 2.18. The predicted molar refractivity (Wildman–Crippen MR) is 65.7 cm³/mol. The van der Waals surface area contributed by atoms with Gasteiger partial charge in [-0.2, -0.15) is 0 Å². The molecule has 1 heterocycles. The van der Waals surface area contributed by atoms with E-state index in [-0.39, 0.29) is 0 Å². The molecule has 15 heavy (non-hydrogen) atoms. The Kier molecular flexibility index (Phi) is 7.99. The van der Waals surface area contributed by atoms with E-state index in [9.17, 15) is 0 Å². The molecule has 0 spiro atoms. The summed E-state index contributed by atoms with van der Waals surface area (Å²) >= 11 is 0. The lowest BCUT2D eigenvalue weighted by atomic mass is 10.0. The molecule has 1 rings (SSSR count). The van der Waals surface area contributed by atoms with Crippen LogP contribution in [0.25, 0.3) is 0 Å². The molecule has 1 saturated heterocycles. The van der Waals surface area contributed by atoms with Gasteiger partial charge >= 0.3 is 0 Å². The predicted octanol–water partition coefficient (Wildman–Crippen LogP) is 4.86. The number of hydrogen-bond donors (Lipinski definition) is 0. The SMILES string of the molecule is CCCCCCCCCCC[C]1CCO1. The van der Waals surface area contributed by atoms with E-state index in [2.05, 4.69) is 6.92 Å². The van der Waals surface area contributed by atoms with Gasteiger partial charge in [-0.1, -0.05) is 64.7 Å². The van der Waals surface area contributed by atoms with Crippen molar-refractivity contribution in [3.8, 4) is 0 Å². The van der Waals surface area contributed by atoms with E-state index in [0.717, 1.165) is 6.61 Å². The Morgan fingerprint density at radius 3 is 1.87 bits per heavy atom. The minimum absolute atomic E-state index is 0.979. The Morgan fingerprint density at radius 1 is 0.867 bits per heavy atom. The topological polar surface area (TPSA) is 9.23 Å². The quantitative estimate of drug-likeness (QED) is 0.469. The van der Waals surface area contributed by atoms with Crippen molar-refractivity contribution in [2.24, 2.45) is 0 Å². The summed E-state index contributed by atoms with van der Waals surface area (Å²) in [5.74, 6) is 0. The van der Waals surface area contributed by atoms with Crippen LogP contribution in [-0.4, -0.2) is 6.61 Å². The van der Waals surface area contributed by atoms with Gasteiger partial charge in [-0.3, -0.25) is 0 Å². The summed E-state index contributed by atoms with van der Waals surface area (Å²) in [6.07, 6.45) is 16.6. The van der Waals surface area contributed by atoms with Crippen molar-refractivity contribution in [3.05, 3.63) is 6.10 Å². The minimum atomic E-state index is 0.979. The molecular weight excluding hydrogens is 184 g/mol. The standard InChI is InChI=1S/C14H27O/c1-2-3-4-5-6-7-8-9-10-11-14-12-13-15-14/h2-13H2,1H3. The van der Waals surface area contributed by atoms with Gasteiger partial charge in [-0.25, -0.2) is 0 Å². The molecular formula is C14H27O. The Bertz CT molecular complexity index is 129. The smallest absolute Gasteiger partial charge is 0.0993 e. The van der Waals surface area contributed by atoms with Crippen LogP contribution in [0.3, 0.4) is 0 Å². The fourth-order valence-corrected chi connectivity index (χ4v) is 2.08. The van der Waals surface area contributed by atoms with Gasteiger partial charge in [0.1, 0.15) is 0 Å². The van der Waals surface area contributed by atoms with Crippen molar-refractivity contribution in [1.82, 2.24) is 0 Å². The van der Waals surface area contributed by atoms with Crippen LogP contribution in [0.4, 0.5) is 0 Å². The number of ether oxygens (including phenoxy) is 1. The van der Waals surface area contributed by atoms with Crippen LogP contribution in [0.2, 0.25) is 0 Å². The van der Waals surface area contributed by atoms with Crippen LogP contribution in [-0.2, 0) is 4.74 Å². The van der Waals surface area contributed by atoms with Gasteiger partial charge in [0.25, 0.3) is 0 Å². The molecule has 1 radical (unpaired) electrons. The van der Waals surface area contributed by atoms with Crippen molar-refractivity contribution in [2.45, 2.75) is 77.6 Å². The second-order valence-electron chi connectivity index (χ2n) is 4.72. The first kappa shape index (κ1) is 13.0. The summed E-state index contributed by atoms with van der Waals surface area (Å²) < 4.78 is 5.32. The van der Waals surface area contributed by atoms with Crippen LogP contribution >= 0.6 is 0 Å². The molecule has 1 aliphatic heterocycles. The van der Waals surface area contributed by atoms with E-state index in [1.807, 2.05) is 0 Å². The second-order valence-corrected chi connectivity index (χ2v) is 4.72. The molecule has 0 N–H and O–H groups in total. The van der Waals surface area contributed by atoms with Crippen LogP contribution < -0.4 is 0 Å². The van der Waals surface area contributed by atoms with Gasteiger partial charge in [0.15, 0.2) is 0 Å². The van der Waals surface area contributed by atoms with Gasteiger partial charge in [0.05, 0.1) is 12.7 Å². The van der Waals surface area contributed by atoms with E-state index in [1.165, 1.54) is 76.7 Å². The minimum Gasteiger partial charge on any atom is -0.372 e. The van der Waals surface area contributed by atoms with Gasteiger partial charge in [0, 0.05) is 6.42 Å². The molecule has 1 fully saturated rings. The highest BCUT2D eigenvalue weighted by Gasteiger charge is 2.17. The lowest BCUT2D eigenvalue weighted by Gasteiger charge is -2.24. The van der Waals surface area contributed by atoms with Gasteiger partial charge in [-0.05, 0) is 6.42 Å². The molecule has 0 aliphatic carbocycles. The summed E-state index contributed by atoms with van der Waals surface area (Å²) in [6.45, 7) is 3.26. The molecule has 0 aromatic heterocycles. The number of hydrogen-bond acceptors (Lipinski definition) is 1. The normalized spacial score (nSPS) is 16.6. The summed E-state index contributed by atoms with van der Waals surface area (Å²) in [5, 5.41) is 0. The van der Waals surface area contributed by atoms with Gasteiger partial charge in [0.2, 0.25) is 0 Å². The largest absolute Gasteiger partial charge is 0.372 e. The van der Waals surface area contributed by atoms with Gasteiger partial charge in [-0.15, -0.1) is 0 Å². The zero-order valence-electron chi connectivity index (χ0n) is 10.4. The molecule has 0 saturated carbocycles. The summed E-state index contributed by atoms with van der Waals surface area (Å²) in [6, 6.07) is 0. The van der Waals surface area contributed by atoms with Crippen LogP contribution in [0.15, 0.2) is 0 Å². The maximum Gasteiger partial charge on any atom is 0.0993 e. The number of rotatable bonds is 10. The molecule has 1 heteroatoms. The Balaban J connectivity index is 1.66. The molecule has 1 aliphatic rings. The highest BCUT2D eigenvalue weighted by molar-refractivity contribution is 4.85. The second kappa shape index (κ2) is 9.21. The molecule has 0 aromatic rings. The van der Waals surface area contributed by atoms with E-state index in [0.29, 0.717) is 0 Å². The molecule has 1 nitrogen and oxygen atoms in total. The third-order valence-electron chi connectivity index (χ3n) is 3.25. The molecule has 0 atom stereocenters. The lowest BCUT2D eigenvalue weighted by Crippen LogP contribution is -2.17. The maximum absolute atomic E-state index is 5.32. The van der Waals surface area contributed by atoms with Crippen molar-refractivity contribution >= 4 is 0 Å². The molecule has 89 valence electrons. The zero-order valence-corrected chi connectivity index (χ0v) is 10.4. The first-order valence-electron chi connectivity index (χ1n) is 6.91. The van der Waals surface area contributed by atoms with Crippen molar-refractivity contribution < 1.29 is 4.74 Å². The summed E-state index contributed by atoms with van der Waals surface area (Å²) in [4.78, 5) is 0. The van der Waals surface area contributed by atoms with Crippen LogP contribution in [0.5, 0.6) is 0 Å². The molecule has 0 bridgehead atoms. The van der Waals surface area contributed by atoms with Crippen molar-refractivity contribution in [2.75, 3.05) is 6.61 Å². The molecule has 0 aromatic carbocycles. The first-order valence-corrected chi connectivity index (χ1v) is 6.91. The number of unbranched alkanes of at least 4 members (excludes halogenated alkanes) is 8. The molecule has 0 unspecified atom stereocenters. The summed E-state index contributed by atoms with van der Waals surface area (Å²) in [5.41, 5.74) is 0. The van der Waals surface area contributed by atoms with Crippen LogP contribution in [0.1, 0.15) is 77.6 Å². The highest BCUT2D eigenvalue weighted by Crippen LogP contribution is 2.25. The highest BCUT2D eigenvalue weighted by atomic mass is 16.5. The van der Waals surface area contributed by atoms with E-state index >= 15 is 0 Å². The molecule has 0 amide bonds. The van der Waals surface area contributed by atoms with Crippen molar-refractivity contribution in [1.29, 1.82) is 0 Å². The lowest BCUT2D eigenvalue weighted by molar-refractivity contribution is 0.0337. The third-order valence-corrected chi connectivity index (χ3v) is 3.25. The maximum atomic E-state index is 5.32. The summed E-state index contributed by atoms with van der Waals surface area (Å²) in [7, 11) is 0. The fourth-order valence-electron chi connectivity index (χ4n) is 2.08. The van der Waals surface area contributed by atoms with Crippen LogP contribution in [0, 0.1) is 6.10 Å². The monoisotopic (exact) mass is 211 g/mol. The van der Waals surface area contributed by atoms with E-state index < -0.39 is 0 Å². The average molecular weight is 211 g/mol. The Labute approximate surface area is 95.6 Å². The van der Waals surface area contributed by atoms with E-state index in [4.69, 9.17) is 4.74 Å². The Morgan fingerprint density at radius 2 is 1.40 bits per heavy atom. The third kappa shape index (κ3) is 6.94. The van der Waals surface area contributed by atoms with Crippen molar-refractivity contribution in [3.63, 3.8) is 0 Å².